The summed E-state index contributed by atoms with van der Waals surface area (Å²) in [5, 5.41) is 2.94. The van der Waals surface area contributed by atoms with Crippen LogP contribution in [0.25, 0.3) is 0 Å². The van der Waals surface area contributed by atoms with Crippen LogP contribution in [-0.2, 0) is 4.79 Å². The third kappa shape index (κ3) is 2.13. The van der Waals surface area contributed by atoms with Gasteiger partial charge in [0.2, 0.25) is 5.91 Å². The summed E-state index contributed by atoms with van der Waals surface area (Å²) in [7, 11) is 0. The first-order valence-electron chi connectivity index (χ1n) is 7.09. The van der Waals surface area contributed by atoms with Crippen molar-refractivity contribution < 1.29 is 14.3 Å². The van der Waals surface area contributed by atoms with Crippen molar-refractivity contribution in [2.45, 2.75) is 12.3 Å². The Morgan fingerprint density at radius 2 is 1.71 bits per heavy atom. The highest BCUT2D eigenvalue weighted by molar-refractivity contribution is 5.96. The third-order valence-corrected chi connectivity index (χ3v) is 3.96. The van der Waals surface area contributed by atoms with Gasteiger partial charge in [-0.1, -0.05) is 30.3 Å². The Balaban J connectivity index is 1.84. The van der Waals surface area contributed by atoms with E-state index < -0.39 is 0 Å². The van der Waals surface area contributed by atoms with E-state index in [1.165, 1.54) is 0 Å². The summed E-state index contributed by atoms with van der Waals surface area (Å²) in [5.41, 5.74) is 3.06. The minimum absolute atomic E-state index is 0.0352. The summed E-state index contributed by atoms with van der Waals surface area (Å²) in [5.74, 6) is 1.56. The van der Waals surface area contributed by atoms with Crippen molar-refractivity contribution in [3.05, 3.63) is 53.6 Å². The minimum atomic E-state index is 0.0352. The topological polar surface area (TPSA) is 47.6 Å². The van der Waals surface area contributed by atoms with Gasteiger partial charge < -0.3 is 14.8 Å². The monoisotopic (exact) mass is 281 g/mol. The molecule has 2 aliphatic heterocycles. The molecule has 0 spiro atoms. The molecule has 0 saturated heterocycles. The summed E-state index contributed by atoms with van der Waals surface area (Å²) in [4.78, 5) is 12.0. The fourth-order valence-corrected chi connectivity index (χ4v) is 2.98. The van der Waals surface area contributed by atoms with E-state index in [-0.39, 0.29) is 11.8 Å². The molecule has 4 rings (SSSR count). The largest absolute Gasteiger partial charge is 0.486 e. The zero-order chi connectivity index (χ0) is 14.2. The molecule has 2 aromatic carbocycles. The van der Waals surface area contributed by atoms with Crippen molar-refractivity contribution >= 4 is 11.6 Å². The second-order valence-electron chi connectivity index (χ2n) is 5.30. The maximum atomic E-state index is 12.0. The minimum Gasteiger partial charge on any atom is -0.486 e. The van der Waals surface area contributed by atoms with Crippen LogP contribution in [0.3, 0.4) is 0 Å². The van der Waals surface area contributed by atoms with Crippen molar-refractivity contribution in [2.75, 3.05) is 18.5 Å². The number of rotatable bonds is 1. The van der Waals surface area contributed by atoms with Gasteiger partial charge in [-0.05, 0) is 17.2 Å². The number of hydrogen-bond donors (Lipinski definition) is 1. The molecule has 106 valence electrons. The predicted octanol–water partition coefficient (Wildman–Crippen LogP) is 2.93. The molecule has 4 nitrogen and oxygen atoms in total. The van der Waals surface area contributed by atoms with Gasteiger partial charge in [0.15, 0.2) is 11.5 Å². The van der Waals surface area contributed by atoms with Gasteiger partial charge in [0, 0.05) is 24.1 Å². The second kappa shape index (κ2) is 4.81. The van der Waals surface area contributed by atoms with E-state index in [2.05, 4.69) is 17.4 Å². The number of anilines is 1. The molecule has 1 N–H and O–H groups in total. The highest BCUT2D eigenvalue weighted by atomic mass is 16.6. The molecule has 0 saturated carbocycles. The second-order valence-corrected chi connectivity index (χ2v) is 5.30. The number of amides is 1. The Labute approximate surface area is 122 Å². The Morgan fingerprint density at radius 3 is 2.48 bits per heavy atom. The van der Waals surface area contributed by atoms with E-state index in [0.29, 0.717) is 25.4 Å². The van der Waals surface area contributed by atoms with Crippen molar-refractivity contribution in [2.24, 2.45) is 0 Å². The van der Waals surface area contributed by atoms with Gasteiger partial charge in [0.05, 0.1) is 0 Å². The number of carbonyl (C=O) groups excluding carboxylic acids is 1. The maximum absolute atomic E-state index is 12.0. The number of benzene rings is 2. The summed E-state index contributed by atoms with van der Waals surface area (Å²) in [6.07, 6.45) is 0.455. The molecular formula is C17H15NO3. The molecule has 0 fully saturated rings. The average molecular weight is 281 g/mol. The lowest BCUT2D eigenvalue weighted by Gasteiger charge is -2.28. The van der Waals surface area contributed by atoms with Crippen LogP contribution < -0.4 is 14.8 Å². The van der Waals surface area contributed by atoms with Crippen molar-refractivity contribution in [1.82, 2.24) is 0 Å². The molecular weight excluding hydrogens is 266 g/mol. The van der Waals surface area contributed by atoms with Crippen LogP contribution in [0.15, 0.2) is 42.5 Å². The average Bonchev–Trinajstić information content (AvgIpc) is 2.53. The first-order chi connectivity index (χ1) is 10.3. The lowest BCUT2D eigenvalue weighted by atomic mass is 9.84. The zero-order valence-electron chi connectivity index (χ0n) is 11.5. The molecule has 1 amide bonds. The standard InChI is InChI=1S/C17H15NO3/c19-17-9-12(11-4-2-1-3-5-11)13-8-15-16(10-14(13)18-17)21-7-6-20-15/h1-5,8,10,12H,6-7,9H2,(H,18,19)/t12-/m0/s1. The highest BCUT2D eigenvalue weighted by Crippen LogP contribution is 2.43. The first-order valence-corrected chi connectivity index (χ1v) is 7.09. The molecule has 0 radical (unpaired) electrons. The number of nitrogens with one attached hydrogen (secondary N) is 1. The van der Waals surface area contributed by atoms with Gasteiger partial charge in [-0.25, -0.2) is 0 Å². The van der Waals surface area contributed by atoms with Crippen LogP contribution in [0.4, 0.5) is 5.69 Å². The van der Waals surface area contributed by atoms with E-state index in [1.807, 2.05) is 30.3 Å². The quantitative estimate of drug-likeness (QED) is 0.874. The zero-order valence-corrected chi connectivity index (χ0v) is 11.5. The van der Waals surface area contributed by atoms with Crippen molar-refractivity contribution in [3.63, 3.8) is 0 Å². The Morgan fingerprint density at radius 1 is 1.00 bits per heavy atom. The van der Waals surface area contributed by atoms with Crippen molar-refractivity contribution in [3.8, 4) is 11.5 Å². The number of carbonyl (C=O) groups is 1. The van der Waals surface area contributed by atoms with Gasteiger partial charge in [-0.3, -0.25) is 4.79 Å². The highest BCUT2D eigenvalue weighted by Gasteiger charge is 2.29. The van der Waals surface area contributed by atoms with E-state index >= 15 is 0 Å². The Kier molecular flexibility index (Phi) is 2.81. The maximum Gasteiger partial charge on any atom is 0.225 e. The third-order valence-electron chi connectivity index (χ3n) is 3.96. The lowest BCUT2D eigenvalue weighted by molar-refractivity contribution is -0.116. The summed E-state index contributed by atoms with van der Waals surface area (Å²) in [6, 6.07) is 14.0. The van der Waals surface area contributed by atoms with Crippen LogP contribution in [0, 0.1) is 0 Å². The molecule has 0 bridgehead atoms. The fraction of sp³-hybridized carbons (Fsp3) is 0.235. The molecule has 0 unspecified atom stereocenters. The predicted molar refractivity (Wildman–Crippen MR) is 79.0 cm³/mol. The van der Waals surface area contributed by atoms with Gasteiger partial charge >= 0.3 is 0 Å². The molecule has 1 atom stereocenters. The van der Waals surface area contributed by atoms with E-state index in [9.17, 15) is 4.79 Å². The Bertz CT molecular complexity index is 697. The van der Waals surface area contributed by atoms with E-state index in [0.717, 1.165) is 22.6 Å². The smallest absolute Gasteiger partial charge is 0.225 e. The summed E-state index contributed by atoms with van der Waals surface area (Å²) >= 11 is 0. The molecule has 2 heterocycles. The molecule has 4 heteroatoms. The van der Waals surface area contributed by atoms with E-state index in [4.69, 9.17) is 9.47 Å². The molecule has 21 heavy (non-hydrogen) atoms. The number of hydrogen-bond acceptors (Lipinski definition) is 3. The van der Waals surface area contributed by atoms with Gasteiger partial charge in [0.1, 0.15) is 13.2 Å². The molecule has 2 aliphatic rings. The van der Waals surface area contributed by atoms with Crippen LogP contribution in [0.1, 0.15) is 23.5 Å². The van der Waals surface area contributed by atoms with Crippen molar-refractivity contribution in [1.29, 1.82) is 0 Å². The van der Waals surface area contributed by atoms with Gasteiger partial charge in [0.25, 0.3) is 0 Å². The Hall–Kier alpha value is -2.49. The van der Waals surface area contributed by atoms with Crippen LogP contribution in [0.5, 0.6) is 11.5 Å². The van der Waals surface area contributed by atoms with E-state index in [1.54, 1.807) is 0 Å². The first kappa shape index (κ1) is 12.3. The van der Waals surface area contributed by atoms with Gasteiger partial charge in [-0.15, -0.1) is 0 Å². The molecule has 0 aliphatic carbocycles. The normalized spacial score (nSPS) is 19.6. The lowest BCUT2D eigenvalue weighted by Crippen LogP contribution is -2.24. The molecule has 0 aromatic heterocycles. The van der Waals surface area contributed by atoms with Crippen LogP contribution >= 0.6 is 0 Å². The van der Waals surface area contributed by atoms with Crippen LogP contribution in [-0.4, -0.2) is 19.1 Å². The number of ether oxygens (including phenoxy) is 2. The molecule has 2 aromatic rings. The SMILES string of the molecule is O=C1C[C@@H](c2ccccc2)c2cc3c(cc2N1)OCCO3. The van der Waals surface area contributed by atoms with Gasteiger partial charge in [-0.2, -0.15) is 0 Å². The van der Waals surface area contributed by atoms with Crippen LogP contribution in [0.2, 0.25) is 0 Å². The number of fused-ring (bicyclic) bond motifs is 2. The summed E-state index contributed by atoms with van der Waals surface area (Å²) < 4.78 is 11.3. The fourth-order valence-electron chi connectivity index (χ4n) is 2.98. The summed E-state index contributed by atoms with van der Waals surface area (Å²) in [6.45, 7) is 1.11.